The van der Waals surface area contributed by atoms with Crippen molar-refractivity contribution in [3.63, 3.8) is 0 Å². The lowest BCUT2D eigenvalue weighted by atomic mass is 9.98. The quantitative estimate of drug-likeness (QED) is 0.141. The first kappa shape index (κ1) is 30.2. The topological polar surface area (TPSA) is 158 Å². The van der Waals surface area contributed by atoms with Crippen LogP contribution in [0.5, 0.6) is 5.75 Å². The molecule has 12 heteroatoms. The van der Waals surface area contributed by atoms with Gasteiger partial charge < -0.3 is 28.4 Å². The summed E-state index contributed by atoms with van der Waals surface area (Å²) in [5, 5.41) is 0. The molecule has 0 radical (unpaired) electrons. The summed E-state index contributed by atoms with van der Waals surface area (Å²) in [5.41, 5.74) is 0.567. The average molecular weight is 535 g/mol. The summed E-state index contributed by atoms with van der Waals surface area (Å²) in [6, 6.07) is 6.18. The van der Waals surface area contributed by atoms with Gasteiger partial charge in [-0.15, -0.1) is 0 Å². The predicted octanol–water partition coefficient (Wildman–Crippen LogP) is 1.71. The van der Waals surface area contributed by atoms with Gasteiger partial charge in [0, 0.05) is 27.7 Å². The van der Waals surface area contributed by atoms with Gasteiger partial charge in [-0.25, -0.2) is 0 Å². The van der Waals surface area contributed by atoms with E-state index in [1.54, 1.807) is 12.1 Å². The molecule has 0 spiro atoms. The lowest BCUT2D eigenvalue weighted by Gasteiger charge is -2.43. The van der Waals surface area contributed by atoms with Crippen LogP contribution in [0.3, 0.4) is 0 Å². The molecule has 1 fully saturated rings. The highest BCUT2D eigenvalue weighted by Gasteiger charge is 2.53. The number of esters is 4. The van der Waals surface area contributed by atoms with Crippen molar-refractivity contribution >= 4 is 41.5 Å². The monoisotopic (exact) mass is 534 g/mol. The third-order valence-corrected chi connectivity index (χ3v) is 5.15. The van der Waals surface area contributed by atoms with E-state index in [2.05, 4.69) is 0 Å². The Morgan fingerprint density at radius 3 is 1.68 bits per heavy atom. The second kappa shape index (κ2) is 13.5. The SMILES string of the molecule is CC(=O)OC[C@@H]1O[C@@H](Oc2ccc(C=C(C(C)=O)C(C)=O)cc2)[C@H](OC(C)=O)[C@H](OC(C)=O)[C@@H]1OC(C)=O. The number of rotatable bonds is 10. The number of benzene rings is 1. The van der Waals surface area contributed by atoms with Gasteiger partial charge in [-0.05, 0) is 37.6 Å². The molecule has 1 aromatic rings. The third-order valence-electron chi connectivity index (χ3n) is 5.15. The van der Waals surface area contributed by atoms with Crippen molar-refractivity contribution in [1.29, 1.82) is 0 Å². The van der Waals surface area contributed by atoms with Crippen molar-refractivity contribution in [2.45, 2.75) is 72.2 Å². The summed E-state index contributed by atoms with van der Waals surface area (Å²) < 4.78 is 32.9. The fourth-order valence-corrected chi connectivity index (χ4v) is 3.68. The zero-order valence-electron chi connectivity index (χ0n) is 21.9. The number of ketones is 2. The minimum Gasteiger partial charge on any atom is -0.463 e. The number of carbonyl (C=O) groups excluding carboxylic acids is 6. The fourth-order valence-electron chi connectivity index (χ4n) is 3.68. The van der Waals surface area contributed by atoms with Crippen LogP contribution < -0.4 is 4.74 Å². The minimum absolute atomic E-state index is 0.0262. The van der Waals surface area contributed by atoms with Crippen LogP contribution >= 0.6 is 0 Å². The summed E-state index contributed by atoms with van der Waals surface area (Å²) in [6.07, 6.45) is -5.15. The summed E-state index contributed by atoms with van der Waals surface area (Å²) in [7, 11) is 0. The highest BCUT2D eigenvalue weighted by atomic mass is 16.7. The molecule has 1 aromatic carbocycles. The second-order valence-corrected chi connectivity index (χ2v) is 8.42. The highest BCUT2D eigenvalue weighted by molar-refractivity contribution is 6.21. The number of hydrogen-bond acceptors (Lipinski definition) is 12. The Morgan fingerprint density at radius 1 is 0.711 bits per heavy atom. The molecule has 5 atom stereocenters. The first-order chi connectivity index (χ1) is 17.8. The molecular weight excluding hydrogens is 504 g/mol. The number of allylic oxidation sites excluding steroid dienone is 1. The van der Waals surface area contributed by atoms with E-state index in [9.17, 15) is 28.8 Å². The van der Waals surface area contributed by atoms with Crippen LogP contribution in [-0.4, -0.2) is 72.8 Å². The number of hydrogen-bond donors (Lipinski definition) is 0. The molecule has 206 valence electrons. The van der Waals surface area contributed by atoms with Crippen molar-refractivity contribution in [2.24, 2.45) is 0 Å². The highest BCUT2D eigenvalue weighted by Crippen LogP contribution is 2.31. The van der Waals surface area contributed by atoms with Crippen LogP contribution in [0.15, 0.2) is 29.8 Å². The summed E-state index contributed by atoms with van der Waals surface area (Å²) in [4.78, 5) is 70.5. The lowest BCUT2D eigenvalue weighted by molar-refractivity contribution is -0.288. The Morgan fingerprint density at radius 2 is 1.21 bits per heavy atom. The Hall–Kier alpha value is -4.06. The van der Waals surface area contributed by atoms with Crippen LogP contribution in [0.2, 0.25) is 0 Å². The molecule has 0 N–H and O–H groups in total. The average Bonchev–Trinajstić information content (AvgIpc) is 2.79. The molecule has 0 amide bonds. The molecule has 1 aliphatic rings. The molecule has 2 rings (SSSR count). The summed E-state index contributed by atoms with van der Waals surface area (Å²) >= 11 is 0. The van der Waals surface area contributed by atoms with E-state index >= 15 is 0 Å². The van der Waals surface area contributed by atoms with E-state index in [-0.39, 0.29) is 29.5 Å². The Balaban J connectivity index is 2.44. The molecule has 12 nitrogen and oxygen atoms in total. The van der Waals surface area contributed by atoms with Crippen molar-refractivity contribution < 1.29 is 57.2 Å². The van der Waals surface area contributed by atoms with Gasteiger partial charge in [0.25, 0.3) is 0 Å². The van der Waals surface area contributed by atoms with Crippen molar-refractivity contribution in [2.75, 3.05) is 6.61 Å². The van der Waals surface area contributed by atoms with Gasteiger partial charge in [-0.2, -0.15) is 0 Å². The smallest absolute Gasteiger partial charge is 0.303 e. The number of carbonyl (C=O) groups is 6. The summed E-state index contributed by atoms with van der Waals surface area (Å²) in [5.74, 6) is -3.45. The van der Waals surface area contributed by atoms with Crippen molar-refractivity contribution in [1.82, 2.24) is 0 Å². The molecule has 38 heavy (non-hydrogen) atoms. The maximum absolute atomic E-state index is 11.9. The zero-order chi connectivity index (χ0) is 28.6. The minimum atomic E-state index is -1.39. The van der Waals surface area contributed by atoms with E-state index in [4.69, 9.17) is 28.4 Å². The van der Waals surface area contributed by atoms with Gasteiger partial charge in [0.1, 0.15) is 18.5 Å². The van der Waals surface area contributed by atoms with Crippen LogP contribution in [-0.2, 0) is 52.5 Å². The van der Waals surface area contributed by atoms with E-state index in [0.717, 1.165) is 20.8 Å². The van der Waals surface area contributed by atoms with Crippen molar-refractivity contribution in [3.05, 3.63) is 35.4 Å². The molecular formula is C26H30O12. The van der Waals surface area contributed by atoms with E-state index in [1.165, 1.54) is 39.0 Å². The van der Waals surface area contributed by atoms with Crippen molar-refractivity contribution in [3.8, 4) is 5.75 Å². The number of Topliss-reactive ketones (excluding diaryl/α,β-unsaturated/α-hetero) is 2. The normalized spacial score (nSPS) is 22.3. The Labute approximate surface area is 219 Å². The molecule has 0 bridgehead atoms. The fraction of sp³-hybridized carbons (Fsp3) is 0.462. The zero-order valence-corrected chi connectivity index (χ0v) is 21.9. The molecule has 0 unspecified atom stereocenters. The maximum atomic E-state index is 11.9. The Kier molecular flexibility index (Phi) is 10.7. The molecule has 0 aliphatic carbocycles. The summed E-state index contributed by atoms with van der Waals surface area (Å²) in [6.45, 7) is 6.71. The lowest BCUT2D eigenvalue weighted by Crippen LogP contribution is -2.63. The standard InChI is InChI=1S/C26H30O12/c1-13(27)21(14(2)28)11-19-7-9-20(10-8-19)37-26-25(36-18(6)32)24(35-17(5)31)23(34-16(4)30)22(38-26)12-33-15(3)29/h7-11,22-26H,12H2,1-6H3/t22-,23+,24+,25+,26+/m0/s1. The van der Waals surface area contributed by atoms with Gasteiger partial charge in [-0.1, -0.05) is 12.1 Å². The van der Waals surface area contributed by atoms with Crippen LogP contribution in [0.4, 0.5) is 0 Å². The first-order valence-electron chi connectivity index (χ1n) is 11.6. The largest absolute Gasteiger partial charge is 0.463 e. The molecule has 0 aromatic heterocycles. The van der Waals surface area contributed by atoms with Gasteiger partial charge >= 0.3 is 23.9 Å². The van der Waals surface area contributed by atoms with Gasteiger partial charge in [-0.3, -0.25) is 28.8 Å². The maximum Gasteiger partial charge on any atom is 0.303 e. The molecule has 1 heterocycles. The third kappa shape index (κ3) is 8.80. The van der Waals surface area contributed by atoms with Gasteiger partial charge in [0.2, 0.25) is 12.4 Å². The second-order valence-electron chi connectivity index (χ2n) is 8.42. The molecule has 1 saturated heterocycles. The predicted molar refractivity (Wildman–Crippen MR) is 128 cm³/mol. The van der Waals surface area contributed by atoms with Crippen LogP contribution in [0.25, 0.3) is 6.08 Å². The van der Waals surface area contributed by atoms with E-state index < -0.39 is 54.6 Å². The van der Waals surface area contributed by atoms with Crippen LogP contribution in [0.1, 0.15) is 47.1 Å². The first-order valence-corrected chi connectivity index (χ1v) is 11.6. The molecule has 0 saturated carbocycles. The van der Waals surface area contributed by atoms with Crippen LogP contribution in [0, 0.1) is 0 Å². The van der Waals surface area contributed by atoms with E-state index in [0.29, 0.717) is 5.56 Å². The Bertz CT molecular complexity index is 1090. The van der Waals surface area contributed by atoms with Gasteiger partial charge in [0.05, 0.1) is 5.57 Å². The molecule has 1 aliphatic heterocycles. The van der Waals surface area contributed by atoms with E-state index in [1.807, 2.05) is 0 Å². The number of ether oxygens (including phenoxy) is 6. The van der Waals surface area contributed by atoms with Gasteiger partial charge in [0.15, 0.2) is 23.8 Å².